The summed E-state index contributed by atoms with van der Waals surface area (Å²) >= 11 is 12.1. The highest BCUT2D eigenvalue weighted by Gasteiger charge is 2.32. The Hall–Kier alpha value is -2.83. The van der Waals surface area contributed by atoms with Gasteiger partial charge in [-0.3, -0.25) is 9.59 Å². The molecule has 1 atom stereocenters. The van der Waals surface area contributed by atoms with Crippen LogP contribution in [0.3, 0.4) is 0 Å². The summed E-state index contributed by atoms with van der Waals surface area (Å²) < 4.78 is 1.53. The van der Waals surface area contributed by atoms with Crippen LogP contribution in [-0.4, -0.2) is 21.6 Å². The molecule has 6 nitrogen and oxygen atoms in total. The molecule has 2 heterocycles. The van der Waals surface area contributed by atoms with Crippen molar-refractivity contribution < 1.29 is 9.59 Å². The molecule has 27 heavy (non-hydrogen) atoms. The summed E-state index contributed by atoms with van der Waals surface area (Å²) in [5.74, 6) is -0.167. The minimum absolute atomic E-state index is 0.0209. The summed E-state index contributed by atoms with van der Waals surface area (Å²) in [6, 6.07) is 15.5. The van der Waals surface area contributed by atoms with E-state index in [0.717, 1.165) is 5.56 Å². The second-order valence-corrected chi connectivity index (χ2v) is 6.87. The third-order valence-corrected chi connectivity index (χ3v) is 5.08. The zero-order valence-electron chi connectivity index (χ0n) is 13.9. The summed E-state index contributed by atoms with van der Waals surface area (Å²) in [7, 11) is 0. The molecule has 2 aromatic carbocycles. The number of carbonyl (C=O) groups excluding carboxylic acids is 2. The molecule has 0 saturated heterocycles. The molecular weight excluding hydrogens is 387 g/mol. The van der Waals surface area contributed by atoms with Crippen molar-refractivity contribution in [3.05, 3.63) is 64.6 Å². The van der Waals surface area contributed by atoms with E-state index in [4.69, 9.17) is 23.2 Å². The van der Waals surface area contributed by atoms with Crippen LogP contribution in [0.25, 0.3) is 11.3 Å². The van der Waals surface area contributed by atoms with E-state index >= 15 is 0 Å². The average molecular weight is 401 g/mol. The molecule has 0 unspecified atom stereocenters. The molecule has 136 valence electrons. The Morgan fingerprint density at radius 2 is 1.93 bits per heavy atom. The number of nitrogens with one attached hydrogen (secondary N) is 2. The molecule has 2 amide bonds. The minimum atomic E-state index is -0.790. The van der Waals surface area contributed by atoms with Gasteiger partial charge in [0.05, 0.1) is 27.8 Å². The van der Waals surface area contributed by atoms with Gasteiger partial charge in [-0.05, 0) is 12.1 Å². The van der Waals surface area contributed by atoms with Crippen molar-refractivity contribution in [1.82, 2.24) is 9.78 Å². The van der Waals surface area contributed by atoms with Gasteiger partial charge in [-0.1, -0.05) is 59.6 Å². The summed E-state index contributed by atoms with van der Waals surface area (Å²) in [4.78, 5) is 24.9. The first-order valence-electron chi connectivity index (χ1n) is 8.22. The van der Waals surface area contributed by atoms with E-state index in [-0.39, 0.29) is 17.4 Å². The third-order valence-electron chi connectivity index (χ3n) is 4.26. The van der Waals surface area contributed by atoms with E-state index in [1.807, 2.05) is 30.3 Å². The Morgan fingerprint density at radius 3 is 2.70 bits per heavy atom. The molecule has 0 spiro atoms. The standard InChI is InChI=1S/C19H14Cl2N4O2/c20-12-7-4-8-13(18(12)21)22-19(27)15-10-17(26)23-16-9-14(24-25(15)16)11-5-2-1-3-6-11/h1-9,15H,10H2,(H,22,27)(H,23,26)/t15-/m0/s1. The fraction of sp³-hybridized carbons (Fsp3) is 0.105. The summed E-state index contributed by atoms with van der Waals surface area (Å²) in [5, 5.41) is 10.6. The molecule has 8 heteroatoms. The molecule has 0 radical (unpaired) electrons. The van der Waals surface area contributed by atoms with Crippen molar-refractivity contribution in [3.8, 4) is 11.3 Å². The highest BCUT2D eigenvalue weighted by molar-refractivity contribution is 6.44. The number of halogens is 2. The van der Waals surface area contributed by atoms with Gasteiger partial charge in [-0.2, -0.15) is 5.10 Å². The van der Waals surface area contributed by atoms with Crippen LogP contribution in [0, 0.1) is 0 Å². The van der Waals surface area contributed by atoms with E-state index in [1.165, 1.54) is 4.68 Å². The second kappa shape index (κ2) is 7.06. The molecule has 3 aromatic rings. The van der Waals surface area contributed by atoms with Gasteiger partial charge in [-0.25, -0.2) is 4.68 Å². The van der Waals surface area contributed by atoms with E-state index in [9.17, 15) is 9.59 Å². The van der Waals surface area contributed by atoms with Gasteiger partial charge in [0.25, 0.3) is 0 Å². The van der Waals surface area contributed by atoms with Crippen molar-refractivity contribution in [2.45, 2.75) is 12.5 Å². The van der Waals surface area contributed by atoms with Gasteiger partial charge >= 0.3 is 0 Å². The van der Waals surface area contributed by atoms with Gasteiger partial charge in [0.2, 0.25) is 11.8 Å². The zero-order valence-corrected chi connectivity index (χ0v) is 15.5. The highest BCUT2D eigenvalue weighted by Crippen LogP contribution is 2.33. The van der Waals surface area contributed by atoms with E-state index in [1.54, 1.807) is 24.3 Å². The quantitative estimate of drug-likeness (QED) is 0.684. The number of rotatable bonds is 3. The lowest BCUT2D eigenvalue weighted by atomic mass is 10.1. The van der Waals surface area contributed by atoms with Crippen LogP contribution in [0.4, 0.5) is 11.5 Å². The lowest BCUT2D eigenvalue weighted by Crippen LogP contribution is -2.35. The van der Waals surface area contributed by atoms with Crippen molar-refractivity contribution >= 4 is 46.5 Å². The SMILES string of the molecule is O=C1C[C@@H](C(=O)Nc2cccc(Cl)c2Cl)n2nc(-c3ccccc3)cc2N1. The van der Waals surface area contributed by atoms with Gasteiger partial charge < -0.3 is 10.6 Å². The van der Waals surface area contributed by atoms with Crippen LogP contribution >= 0.6 is 23.2 Å². The summed E-state index contributed by atoms with van der Waals surface area (Å²) in [5.41, 5.74) is 1.95. The number of benzene rings is 2. The highest BCUT2D eigenvalue weighted by atomic mass is 35.5. The Bertz CT molecular complexity index is 1030. The largest absolute Gasteiger partial charge is 0.323 e. The number of anilines is 2. The number of amides is 2. The van der Waals surface area contributed by atoms with E-state index in [2.05, 4.69) is 15.7 Å². The predicted molar refractivity (Wildman–Crippen MR) is 105 cm³/mol. The molecule has 0 aliphatic carbocycles. The first-order chi connectivity index (χ1) is 13.0. The Morgan fingerprint density at radius 1 is 1.15 bits per heavy atom. The normalized spacial score (nSPS) is 15.8. The van der Waals surface area contributed by atoms with Crippen molar-refractivity contribution in [2.75, 3.05) is 10.6 Å². The predicted octanol–water partition coefficient (Wildman–Crippen LogP) is 4.38. The molecule has 4 rings (SSSR count). The van der Waals surface area contributed by atoms with Crippen molar-refractivity contribution in [1.29, 1.82) is 0 Å². The van der Waals surface area contributed by atoms with Gasteiger partial charge in [0, 0.05) is 11.6 Å². The maximum Gasteiger partial charge on any atom is 0.249 e. The van der Waals surface area contributed by atoms with E-state index < -0.39 is 11.9 Å². The maximum atomic E-state index is 12.8. The maximum absolute atomic E-state index is 12.8. The molecule has 0 fully saturated rings. The number of hydrogen-bond acceptors (Lipinski definition) is 3. The lowest BCUT2D eigenvalue weighted by molar-refractivity contribution is -0.125. The van der Waals surface area contributed by atoms with Crippen LogP contribution in [-0.2, 0) is 9.59 Å². The number of aromatic nitrogens is 2. The van der Waals surface area contributed by atoms with Crippen LogP contribution in [0.15, 0.2) is 54.6 Å². The third kappa shape index (κ3) is 3.41. The summed E-state index contributed by atoms with van der Waals surface area (Å²) in [6.45, 7) is 0. The molecule has 1 aromatic heterocycles. The topological polar surface area (TPSA) is 76.0 Å². The Kier molecular flexibility index (Phi) is 4.59. The Labute approximate surface area is 165 Å². The second-order valence-electron chi connectivity index (χ2n) is 6.08. The van der Waals surface area contributed by atoms with Crippen LogP contribution in [0.1, 0.15) is 12.5 Å². The van der Waals surface area contributed by atoms with E-state index in [0.29, 0.717) is 22.2 Å². The van der Waals surface area contributed by atoms with Gasteiger partial charge in [-0.15, -0.1) is 0 Å². The smallest absolute Gasteiger partial charge is 0.249 e. The van der Waals surface area contributed by atoms with Crippen LogP contribution < -0.4 is 10.6 Å². The molecule has 0 saturated carbocycles. The van der Waals surface area contributed by atoms with Gasteiger partial charge in [0.1, 0.15) is 11.9 Å². The Balaban J connectivity index is 1.66. The molecule has 1 aliphatic rings. The number of hydrogen-bond donors (Lipinski definition) is 2. The minimum Gasteiger partial charge on any atom is -0.323 e. The number of fused-ring (bicyclic) bond motifs is 1. The molecule has 0 bridgehead atoms. The average Bonchev–Trinajstić information content (AvgIpc) is 3.09. The van der Waals surface area contributed by atoms with Gasteiger partial charge in [0.15, 0.2) is 0 Å². The fourth-order valence-electron chi connectivity index (χ4n) is 2.95. The monoisotopic (exact) mass is 400 g/mol. The molecule has 2 N–H and O–H groups in total. The van der Waals surface area contributed by atoms with Crippen molar-refractivity contribution in [2.24, 2.45) is 0 Å². The molecular formula is C19H14Cl2N4O2. The van der Waals surface area contributed by atoms with Crippen LogP contribution in [0.2, 0.25) is 10.0 Å². The lowest BCUT2D eigenvalue weighted by Gasteiger charge is -2.23. The fourth-order valence-corrected chi connectivity index (χ4v) is 3.30. The summed E-state index contributed by atoms with van der Waals surface area (Å²) in [6.07, 6.45) is -0.0209. The van der Waals surface area contributed by atoms with Crippen molar-refractivity contribution in [3.63, 3.8) is 0 Å². The van der Waals surface area contributed by atoms with Crippen LogP contribution in [0.5, 0.6) is 0 Å². The number of nitrogens with zero attached hydrogens (tertiary/aromatic N) is 2. The first kappa shape index (κ1) is 17.6. The number of carbonyl (C=O) groups is 2. The molecule has 1 aliphatic heterocycles. The zero-order chi connectivity index (χ0) is 19.0. The first-order valence-corrected chi connectivity index (χ1v) is 8.98.